The van der Waals surface area contributed by atoms with Crippen LogP contribution in [0, 0.1) is 0 Å². The fraction of sp³-hybridized carbons (Fsp3) is 0.263. The predicted molar refractivity (Wildman–Crippen MR) is 92.0 cm³/mol. The molecule has 1 N–H and O–H groups in total. The monoisotopic (exact) mass is 324 g/mol. The summed E-state index contributed by atoms with van der Waals surface area (Å²) >= 11 is 0. The summed E-state index contributed by atoms with van der Waals surface area (Å²) < 4.78 is 7.15. The van der Waals surface area contributed by atoms with Gasteiger partial charge in [-0.3, -0.25) is 4.68 Å². The van der Waals surface area contributed by atoms with Crippen LogP contribution < -0.4 is 0 Å². The van der Waals surface area contributed by atoms with Crippen molar-refractivity contribution in [2.75, 3.05) is 7.11 Å². The Morgan fingerprint density at radius 3 is 2.50 bits per heavy atom. The van der Waals surface area contributed by atoms with Gasteiger partial charge < -0.3 is 9.84 Å². The number of carboxylic acids is 1. The Labute approximate surface area is 140 Å². The van der Waals surface area contributed by atoms with Gasteiger partial charge in [-0.15, -0.1) is 0 Å². The summed E-state index contributed by atoms with van der Waals surface area (Å²) in [6.45, 7) is 2.21. The molecule has 0 fully saturated rings. The largest absolute Gasteiger partial charge is 0.479 e. The van der Waals surface area contributed by atoms with Crippen LogP contribution in [0.15, 0.2) is 54.6 Å². The molecular formula is C19H20N2O3. The average Bonchev–Trinajstić information content (AvgIpc) is 2.93. The number of carbonyl (C=O) groups is 1. The van der Waals surface area contributed by atoms with Gasteiger partial charge in [-0.25, -0.2) is 4.79 Å². The molecule has 0 saturated carbocycles. The highest BCUT2D eigenvalue weighted by Gasteiger charge is 2.35. The second kappa shape index (κ2) is 6.45. The number of aromatic nitrogens is 2. The maximum atomic E-state index is 11.5. The van der Waals surface area contributed by atoms with E-state index in [-0.39, 0.29) is 6.42 Å². The molecule has 3 aromatic rings. The van der Waals surface area contributed by atoms with Gasteiger partial charge in [0.05, 0.1) is 17.8 Å². The van der Waals surface area contributed by atoms with Gasteiger partial charge in [0.1, 0.15) is 0 Å². The van der Waals surface area contributed by atoms with Crippen molar-refractivity contribution in [3.8, 4) is 0 Å². The average molecular weight is 324 g/mol. The Bertz CT molecular complexity index is 857. The van der Waals surface area contributed by atoms with Gasteiger partial charge >= 0.3 is 5.97 Å². The second-order valence-electron chi connectivity index (χ2n) is 6.02. The quantitative estimate of drug-likeness (QED) is 0.756. The van der Waals surface area contributed by atoms with Crippen molar-refractivity contribution in [1.82, 2.24) is 9.78 Å². The number of benzene rings is 2. The summed E-state index contributed by atoms with van der Waals surface area (Å²) in [7, 11) is 1.41. The maximum absolute atomic E-state index is 11.5. The molecule has 3 rings (SSSR count). The van der Waals surface area contributed by atoms with Crippen LogP contribution in [-0.4, -0.2) is 33.6 Å². The minimum Gasteiger partial charge on any atom is -0.479 e. The van der Waals surface area contributed by atoms with Gasteiger partial charge in [-0.1, -0.05) is 48.5 Å². The van der Waals surface area contributed by atoms with Crippen molar-refractivity contribution in [3.05, 3.63) is 65.9 Å². The first-order valence-electron chi connectivity index (χ1n) is 7.80. The summed E-state index contributed by atoms with van der Waals surface area (Å²) in [6, 6.07) is 17.9. The number of para-hydroxylation sites is 1. The third-order valence-corrected chi connectivity index (χ3v) is 4.32. The van der Waals surface area contributed by atoms with Crippen LogP contribution in [0.5, 0.6) is 0 Å². The second-order valence-corrected chi connectivity index (χ2v) is 6.02. The Hall–Kier alpha value is -2.66. The Kier molecular flexibility index (Phi) is 4.36. The third kappa shape index (κ3) is 3.03. The Balaban J connectivity index is 2.02. The van der Waals surface area contributed by atoms with Gasteiger partial charge in [-0.2, -0.15) is 5.10 Å². The first-order valence-corrected chi connectivity index (χ1v) is 7.80. The number of aliphatic carboxylic acids is 1. The van der Waals surface area contributed by atoms with E-state index >= 15 is 0 Å². The minimum atomic E-state index is -1.30. The molecule has 124 valence electrons. The lowest BCUT2D eigenvalue weighted by atomic mass is 9.98. The van der Waals surface area contributed by atoms with E-state index in [4.69, 9.17) is 4.74 Å². The van der Waals surface area contributed by atoms with E-state index in [1.54, 1.807) is 6.92 Å². The molecule has 5 heteroatoms. The van der Waals surface area contributed by atoms with Crippen molar-refractivity contribution in [3.63, 3.8) is 0 Å². The van der Waals surface area contributed by atoms with E-state index in [1.807, 2.05) is 59.3 Å². The lowest BCUT2D eigenvalue weighted by Crippen LogP contribution is -2.39. The molecule has 0 saturated heterocycles. The van der Waals surface area contributed by atoms with E-state index in [0.717, 1.165) is 22.2 Å². The van der Waals surface area contributed by atoms with Crippen LogP contribution in [0.2, 0.25) is 0 Å². The number of methoxy groups -OCH3 is 1. The zero-order chi connectivity index (χ0) is 17.2. The van der Waals surface area contributed by atoms with Crippen molar-refractivity contribution >= 4 is 16.9 Å². The minimum absolute atomic E-state index is 0.209. The molecule has 1 unspecified atom stereocenters. The molecular weight excluding hydrogens is 304 g/mol. The molecule has 0 radical (unpaired) electrons. The number of hydrogen-bond donors (Lipinski definition) is 1. The Morgan fingerprint density at radius 1 is 1.17 bits per heavy atom. The third-order valence-electron chi connectivity index (χ3n) is 4.32. The predicted octanol–water partition coefficient (Wildman–Crippen LogP) is 3.12. The standard InChI is InChI=1S/C19H20N2O3/c1-19(24-2,18(22)23)12-16-15-10-6-7-11-17(15)21(20-16)13-14-8-4-3-5-9-14/h3-11H,12-13H2,1-2H3,(H,22,23). The summed E-state index contributed by atoms with van der Waals surface area (Å²) in [4.78, 5) is 11.5. The number of fused-ring (bicyclic) bond motifs is 1. The molecule has 1 atom stereocenters. The summed E-state index contributed by atoms with van der Waals surface area (Å²) in [5.74, 6) is -0.994. The lowest BCUT2D eigenvalue weighted by molar-refractivity contribution is -0.159. The van der Waals surface area contributed by atoms with Crippen molar-refractivity contribution in [2.24, 2.45) is 0 Å². The van der Waals surface area contributed by atoms with Crippen LogP contribution in [0.25, 0.3) is 10.9 Å². The summed E-state index contributed by atoms with van der Waals surface area (Å²) in [6.07, 6.45) is 0.209. The molecule has 0 aliphatic carbocycles. The zero-order valence-electron chi connectivity index (χ0n) is 13.8. The molecule has 0 amide bonds. The molecule has 5 nitrogen and oxygen atoms in total. The number of carboxylic acid groups (broad SMARTS) is 1. The van der Waals surface area contributed by atoms with Crippen molar-refractivity contribution < 1.29 is 14.6 Å². The van der Waals surface area contributed by atoms with Gasteiger partial charge in [0.15, 0.2) is 5.60 Å². The summed E-state index contributed by atoms with van der Waals surface area (Å²) in [5, 5.41) is 15.1. The van der Waals surface area contributed by atoms with E-state index in [1.165, 1.54) is 7.11 Å². The van der Waals surface area contributed by atoms with Gasteiger partial charge in [-0.05, 0) is 18.6 Å². The number of ether oxygens (including phenoxy) is 1. The lowest BCUT2D eigenvalue weighted by Gasteiger charge is -2.21. The normalized spacial score (nSPS) is 13.8. The molecule has 0 bridgehead atoms. The number of nitrogens with zero attached hydrogens (tertiary/aromatic N) is 2. The van der Waals surface area contributed by atoms with E-state index < -0.39 is 11.6 Å². The molecule has 0 spiro atoms. The highest BCUT2D eigenvalue weighted by molar-refractivity contribution is 5.84. The van der Waals surface area contributed by atoms with Crippen LogP contribution in [0.1, 0.15) is 18.2 Å². The van der Waals surface area contributed by atoms with Gasteiger partial charge in [0.2, 0.25) is 0 Å². The maximum Gasteiger partial charge on any atom is 0.336 e. The fourth-order valence-electron chi connectivity index (χ4n) is 2.76. The SMILES string of the molecule is COC(C)(Cc1nn(Cc2ccccc2)c2ccccc12)C(=O)O. The van der Waals surface area contributed by atoms with E-state index in [0.29, 0.717) is 6.54 Å². The molecule has 24 heavy (non-hydrogen) atoms. The molecule has 0 aliphatic heterocycles. The van der Waals surface area contributed by atoms with Crippen LogP contribution in [-0.2, 0) is 22.5 Å². The molecule has 2 aromatic carbocycles. The zero-order valence-corrected chi connectivity index (χ0v) is 13.8. The number of hydrogen-bond acceptors (Lipinski definition) is 3. The topological polar surface area (TPSA) is 64.4 Å². The van der Waals surface area contributed by atoms with Crippen LogP contribution >= 0.6 is 0 Å². The van der Waals surface area contributed by atoms with Gasteiger partial charge in [0.25, 0.3) is 0 Å². The smallest absolute Gasteiger partial charge is 0.336 e. The highest BCUT2D eigenvalue weighted by atomic mass is 16.5. The Morgan fingerprint density at radius 2 is 1.83 bits per heavy atom. The first-order chi connectivity index (χ1) is 11.5. The van der Waals surface area contributed by atoms with Crippen LogP contribution in [0.3, 0.4) is 0 Å². The number of rotatable bonds is 6. The summed E-state index contributed by atoms with van der Waals surface area (Å²) in [5.41, 5.74) is 1.56. The van der Waals surface area contributed by atoms with Crippen molar-refractivity contribution in [1.29, 1.82) is 0 Å². The molecule has 0 aliphatic rings. The first kappa shape index (κ1) is 16.2. The fourth-order valence-corrected chi connectivity index (χ4v) is 2.76. The molecule has 1 heterocycles. The molecule has 1 aromatic heterocycles. The van der Waals surface area contributed by atoms with Crippen molar-refractivity contribution in [2.45, 2.75) is 25.5 Å². The van der Waals surface area contributed by atoms with E-state index in [9.17, 15) is 9.90 Å². The van der Waals surface area contributed by atoms with Crippen LogP contribution in [0.4, 0.5) is 0 Å². The van der Waals surface area contributed by atoms with E-state index in [2.05, 4.69) is 5.10 Å². The highest BCUT2D eigenvalue weighted by Crippen LogP contribution is 2.25. The van der Waals surface area contributed by atoms with Gasteiger partial charge in [0, 0.05) is 18.9 Å².